The minimum atomic E-state index is -0.449. The van der Waals surface area contributed by atoms with Crippen LogP contribution in [-0.4, -0.2) is 40.8 Å². The highest BCUT2D eigenvalue weighted by Gasteiger charge is 2.44. The van der Waals surface area contributed by atoms with E-state index in [4.69, 9.17) is 0 Å². The Morgan fingerprint density at radius 2 is 2.07 bits per heavy atom. The molecule has 6 heteroatoms. The molecule has 160 valence electrons. The van der Waals surface area contributed by atoms with Crippen LogP contribution in [0, 0.1) is 0 Å². The third kappa shape index (κ3) is 3.17. The first-order chi connectivity index (χ1) is 14.5. The molecule has 0 unspecified atom stereocenters. The smallest absolute Gasteiger partial charge is 0.135 e. The van der Waals surface area contributed by atoms with Gasteiger partial charge in [0, 0.05) is 48.9 Å². The Kier molecular flexibility index (Phi) is 4.94. The number of aliphatic hydroxyl groups is 1. The summed E-state index contributed by atoms with van der Waals surface area (Å²) < 4.78 is 0. The molecular weight excluding hydrogens is 374 g/mol. The third-order valence-corrected chi connectivity index (χ3v) is 7.30. The molecule has 1 fully saturated rings. The average molecular weight is 408 g/mol. The van der Waals surface area contributed by atoms with Gasteiger partial charge in [-0.1, -0.05) is 32.9 Å². The minimum Gasteiger partial charge on any atom is -0.387 e. The second-order valence-corrected chi connectivity index (χ2v) is 9.64. The van der Waals surface area contributed by atoms with E-state index in [1.54, 1.807) is 6.33 Å². The van der Waals surface area contributed by atoms with Crippen molar-refractivity contribution in [3.05, 3.63) is 46.9 Å². The highest BCUT2D eigenvalue weighted by molar-refractivity contribution is 5.64. The van der Waals surface area contributed by atoms with E-state index in [2.05, 4.69) is 64.5 Å². The number of benzene rings is 1. The first kappa shape index (κ1) is 19.8. The summed E-state index contributed by atoms with van der Waals surface area (Å²) >= 11 is 0. The molecule has 1 aromatic carbocycles. The van der Waals surface area contributed by atoms with E-state index in [1.165, 1.54) is 16.8 Å². The van der Waals surface area contributed by atoms with Gasteiger partial charge in [0.2, 0.25) is 0 Å². The molecule has 1 aromatic heterocycles. The SMILES string of the molecule is CC(C)NCc1cccc2c1C1(CCN(c3ncnc4c3[C@H](C)C[C@H]4O)CC1)CN2. The Morgan fingerprint density at radius 1 is 1.27 bits per heavy atom. The number of fused-ring (bicyclic) bond motifs is 3. The van der Waals surface area contributed by atoms with Gasteiger partial charge in [-0.3, -0.25) is 0 Å². The number of hydrogen-bond donors (Lipinski definition) is 3. The summed E-state index contributed by atoms with van der Waals surface area (Å²) in [4.78, 5) is 11.5. The highest BCUT2D eigenvalue weighted by Crippen LogP contribution is 2.48. The van der Waals surface area contributed by atoms with E-state index in [1.807, 2.05) is 0 Å². The Balaban J connectivity index is 1.40. The zero-order valence-electron chi connectivity index (χ0n) is 18.3. The van der Waals surface area contributed by atoms with Crippen molar-refractivity contribution in [3.8, 4) is 0 Å². The molecule has 1 spiro atoms. The van der Waals surface area contributed by atoms with Crippen LogP contribution >= 0.6 is 0 Å². The zero-order chi connectivity index (χ0) is 20.9. The van der Waals surface area contributed by atoms with Gasteiger partial charge in [0.25, 0.3) is 0 Å². The van der Waals surface area contributed by atoms with Gasteiger partial charge in [0.05, 0.1) is 11.8 Å². The molecule has 0 bridgehead atoms. The van der Waals surface area contributed by atoms with Crippen molar-refractivity contribution in [3.63, 3.8) is 0 Å². The predicted octanol–water partition coefficient (Wildman–Crippen LogP) is 3.48. The molecule has 3 N–H and O–H groups in total. The quantitative estimate of drug-likeness (QED) is 0.721. The normalized spacial score (nSPS) is 24.2. The van der Waals surface area contributed by atoms with Crippen LogP contribution in [0.4, 0.5) is 11.5 Å². The molecule has 2 aromatic rings. The fourth-order valence-corrected chi connectivity index (χ4v) is 5.72. The Morgan fingerprint density at radius 3 is 2.83 bits per heavy atom. The lowest BCUT2D eigenvalue weighted by Crippen LogP contribution is -2.45. The molecule has 1 aliphatic carbocycles. The molecule has 1 saturated heterocycles. The molecule has 6 nitrogen and oxygen atoms in total. The van der Waals surface area contributed by atoms with Crippen molar-refractivity contribution >= 4 is 11.5 Å². The largest absolute Gasteiger partial charge is 0.387 e. The summed E-state index contributed by atoms with van der Waals surface area (Å²) in [6.07, 6.45) is 4.15. The summed E-state index contributed by atoms with van der Waals surface area (Å²) in [5.74, 6) is 1.35. The van der Waals surface area contributed by atoms with Crippen LogP contribution in [0.2, 0.25) is 0 Å². The van der Waals surface area contributed by atoms with Crippen molar-refractivity contribution in [1.29, 1.82) is 0 Å². The number of aliphatic hydroxyl groups excluding tert-OH is 1. The third-order valence-electron chi connectivity index (χ3n) is 7.30. The van der Waals surface area contributed by atoms with Crippen molar-refractivity contribution in [1.82, 2.24) is 15.3 Å². The van der Waals surface area contributed by atoms with Crippen LogP contribution < -0.4 is 15.5 Å². The van der Waals surface area contributed by atoms with Crippen molar-refractivity contribution < 1.29 is 5.11 Å². The van der Waals surface area contributed by atoms with Crippen LogP contribution in [0.15, 0.2) is 24.5 Å². The monoisotopic (exact) mass is 407 g/mol. The van der Waals surface area contributed by atoms with E-state index in [-0.39, 0.29) is 5.41 Å². The molecule has 0 amide bonds. The first-order valence-corrected chi connectivity index (χ1v) is 11.4. The maximum Gasteiger partial charge on any atom is 0.135 e. The number of nitrogens with one attached hydrogen (secondary N) is 2. The summed E-state index contributed by atoms with van der Waals surface area (Å²) in [6, 6.07) is 7.17. The molecule has 30 heavy (non-hydrogen) atoms. The second kappa shape index (κ2) is 7.50. The van der Waals surface area contributed by atoms with Gasteiger partial charge >= 0.3 is 0 Å². The highest BCUT2D eigenvalue weighted by atomic mass is 16.3. The van der Waals surface area contributed by atoms with Gasteiger partial charge in [0.1, 0.15) is 12.1 Å². The van der Waals surface area contributed by atoms with Crippen LogP contribution in [0.5, 0.6) is 0 Å². The maximum absolute atomic E-state index is 10.3. The molecule has 0 radical (unpaired) electrons. The maximum atomic E-state index is 10.3. The number of hydrogen-bond acceptors (Lipinski definition) is 6. The van der Waals surface area contributed by atoms with Gasteiger partial charge < -0.3 is 20.6 Å². The Labute approximate surface area is 179 Å². The van der Waals surface area contributed by atoms with E-state index in [0.29, 0.717) is 12.0 Å². The predicted molar refractivity (Wildman–Crippen MR) is 120 cm³/mol. The summed E-state index contributed by atoms with van der Waals surface area (Å²) in [5, 5.41) is 17.6. The lowest BCUT2D eigenvalue weighted by atomic mass is 9.72. The van der Waals surface area contributed by atoms with Crippen molar-refractivity contribution in [2.24, 2.45) is 0 Å². The number of rotatable bonds is 4. The fraction of sp³-hybridized carbons (Fsp3) is 0.583. The number of aromatic nitrogens is 2. The van der Waals surface area contributed by atoms with Crippen molar-refractivity contribution in [2.45, 2.75) is 70.1 Å². The molecule has 3 aliphatic rings. The summed E-state index contributed by atoms with van der Waals surface area (Å²) in [5.41, 5.74) is 6.46. The van der Waals surface area contributed by atoms with Crippen LogP contribution in [0.1, 0.15) is 74.4 Å². The first-order valence-electron chi connectivity index (χ1n) is 11.4. The second-order valence-electron chi connectivity index (χ2n) is 9.64. The van der Waals surface area contributed by atoms with Crippen molar-refractivity contribution in [2.75, 3.05) is 29.9 Å². The lowest BCUT2D eigenvalue weighted by molar-refractivity contribution is 0.170. The van der Waals surface area contributed by atoms with Crippen LogP contribution in [0.25, 0.3) is 0 Å². The summed E-state index contributed by atoms with van der Waals surface area (Å²) in [6.45, 7) is 10.5. The Hall–Kier alpha value is -2.18. The van der Waals surface area contributed by atoms with E-state index < -0.39 is 6.10 Å². The minimum absolute atomic E-state index is 0.197. The molecule has 2 aliphatic heterocycles. The topological polar surface area (TPSA) is 73.3 Å². The molecular formula is C24H33N5O. The summed E-state index contributed by atoms with van der Waals surface area (Å²) in [7, 11) is 0. The van der Waals surface area contributed by atoms with Crippen LogP contribution in [0.3, 0.4) is 0 Å². The van der Waals surface area contributed by atoms with Crippen LogP contribution in [-0.2, 0) is 12.0 Å². The van der Waals surface area contributed by atoms with E-state index in [0.717, 1.165) is 62.5 Å². The van der Waals surface area contributed by atoms with E-state index >= 15 is 0 Å². The Bertz CT molecular complexity index is 935. The van der Waals surface area contributed by atoms with E-state index in [9.17, 15) is 5.11 Å². The molecule has 0 saturated carbocycles. The van der Waals surface area contributed by atoms with Gasteiger partial charge in [-0.2, -0.15) is 0 Å². The lowest BCUT2D eigenvalue weighted by Gasteiger charge is -2.41. The average Bonchev–Trinajstić information content (AvgIpc) is 3.25. The molecule has 2 atom stereocenters. The zero-order valence-corrected chi connectivity index (χ0v) is 18.3. The van der Waals surface area contributed by atoms with Gasteiger partial charge in [0.15, 0.2) is 0 Å². The standard InChI is InChI=1S/C24H33N5O/c1-15(2)25-12-17-5-4-6-18-21(17)24(13-26-18)7-9-29(10-8-24)23-20-16(3)11-19(30)22(20)27-14-28-23/h4-6,14-16,19,25-26,30H,7-13H2,1-3H3/t16-,19-/m1/s1. The molecule has 3 heterocycles. The number of anilines is 2. The molecule has 5 rings (SSSR count). The van der Waals surface area contributed by atoms with Gasteiger partial charge in [-0.25, -0.2) is 9.97 Å². The van der Waals surface area contributed by atoms with Gasteiger partial charge in [-0.05, 0) is 42.4 Å². The van der Waals surface area contributed by atoms with Gasteiger partial charge in [-0.15, -0.1) is 0 Å². The number of piperidine rings is 1. The number of nitrogens with zero attached hydrogens (tertiary/aromatic N) is 3. The fourth-order valence-electron chi connectivity index (χ4n) is 5.72.